The van der Waals surface area contributed by atoms with Gasteiger partial charge in [0.15, 0.2) is 0 Å². The fourth-order valence-electron chi connectivity index (χ4n) is 3.51. The van der Waals surface area contributed by atoms with Gasteiger partial charge in [-0.25, -0.2) is 4.68 Å². The summed E-state index contributed by atoms with van der Waals surface area (Å²) in [4.78, 5) is 2.34. The molecule has 130 valence electrons. The summed E-state index contributed by atoms with van der Waals surface area (Å²) in [6, 6.07) is 25.4. The van der Waals surface area contributed by atoms with E-state index in [1.807, 2.05) is 10.9 Å². The molecular formula is C23H23N3. The van der Waals surface area contributed by atoms with Crippen molar-refractivity contribution in [3.05, 3.63) is 78.4 Å². The Kier molecular flexibility index (Phi) is 4.44. The van der Waals surface area contributed by atoms with Crippen molar-refractivity contribution < 1.29 is 0 Å². The summed E-state index contributed by atoms with van der Waals surface area (Å²) >= 11 is 0. The summed E-state index contributed by atoms with van der Waals surface area (Å²) in [6.45, 7) is 6.40. The molecule has 3 aromatic carbocycles. The molecule has 0 atom stereocenters. The van der Waals surface area contributed by atoms with Crippen molar-refractivity contribution in [3.63, 3.8) is 0 Å². The largest absolute Gasteiger partial charge is 0.372 e. The Morgan fingerprint density at radius 1 is 0.769 bits per heavy atom. The number of aromatic nitrogens is 1. The van der Waals surface area contributed by atoms with Crippen LogP contribution in [0.25, 0.3) is 21.8 Å². The summed E-state index contributed by atoms with van der Waals surface area (Å²) in [5.41, 5.74) is 4.61. The van der Waals surface area contributed by atoms with Gasteiger partial charge in [0, 0.05) is 29.5 Å². The second kappa shape index (κ2) is 7.04. The van der Waals surface area contributed by atoms with Crippen LogP contribution in [-0.2, 0) is 0 Å². The number of para-hydroxylation sites is 2. The molecule has 1 aromatic heterocycles. The molecule has 0 saturated heterocycles. The molecule has 0 spiro atoms. The quantitative estimate of drug-likeness (QED) is 0.438. The first kappa shape index (κ1) is 16.4. The molecule has 0 N–H and O–H groups in total. The highest BCUT2D eigenvalue weighted by molar-refractivity contribution is 6.08. The number of benzene rings is 3. The predicted molar refractivity (Wildman–Crippen MR) is 112 cm³/mol. The van der Waals surface area contributed by atoms with Gasteiger partial charge in [-0.3, -0.25) is 0 Å². The minimum atomic E-state index is 1.02. The third kappa shape index (κ3) is 2.86. The number of hydrogen-bond donors (Lipinski definition) is 0. The molecule has 0 amide bonds. The first-order chi connectivity index (χ1) is 12.8. The maximum absolute atomic E-state index is 4.79. The number of anilines is 1. The summed E-state index contributed by atoms with van der Waals surface area (Å²) in [5.74, 6) is 0. The summed E-state index contributed by atoms with van der Waals surface area (Å²) < 4.78 is 2.03. The van der Waals surface area contributed by atoms with Crippen LogP contribution in [0.2, 0.25) is 0 Å². The van der Waals surface area contributed by atoms with Gasteiger partial charge in [-0.15, -0.1) is 0 Å². The third-order valence-electron chi connectivity index (χ3n) is 4.90. The van der Waals surface area contributed by atoms with Gasteiger partial charge in [0.05, 0.1) is 17.2 Å². The molecule has 3 nitrogen and oxygen atoms in total. The number of hydrogen-bond acceptors (Lipinski definition) is 2. The van der Waals surface area contributed by atoms with Crippen molar-refractivity contribution in [1.29, 1.82) is 0 Å². The highest BCUT2D eigenvalue weighted by Gasteiger charge is 2.08. The first-order valence-corrected chi connectivity index (χ1v) is 9.19. The van der Waals surface area contributed by atoms with Crippen molar-refractivity contribution in [2.45, 2.75) is 13.8 Å². The van der Waals surface area contributed by atoms with E-state index in [2.05, 4.69) is 91.5 Å². The average Bonchev–Trinajstić information content (AvgIpc) is 3.02. The van der Waals surface area contributed by atoms with Gasteiger partial charge in [0.25, 0.3) is 0 Å². The first-order valence-electron chi connectivity index (χ1n) is 9.19. The normalized spacial score (nSPS) is 11.6. The van der Waals surface area contributed by atoms with Crippen LogP contribution in [0.15, 0.2) is 77.9 Å². The van der Waals surface area contributed by atoms with Crippen molar-refractivity contribution >= 4 is 33.7 Å². The predicted octanol–water partition coefficient (Wildman–Crippen LogP) is 5.52. The monoisotopic (exact) mass is 341 g/mol. The van der Waals surface area contributed by atoms with Crippen molar-refractivity contribution in [1.82, 2.24) is 4.68 Å². The fourth-order valence-corrected chi connectivity index (χ4v) is 3.51. The lowest BCUT2D eigenvalue weighted by Gasteiger charge is -2.20. The van der Waals surface area contributed by atoms with Gasteiger partial charge in [0.2, 0.25) is 0 Å². The second-order valence-corrected chi connectivity index (χ2v) is 6.35. The minimum Gasteiger partial charge on any atom is -0.372 e. The van der Waals surface area contributed by atoms with Crippen molar-refractivity contribution in [2.24, 2.45) is 5.10 Å². The molecule has 0 fully saturated rings. The Balaban J connectivity index is 1.72. The Morgan fingerprint density at radius 2 is 1.31 bits per heavy atom. The van der Waals surface area contributed by atoms with Crippen LogP contribution in [0.3, 0.4) is 0 Å². The van der Waals surface area contributed by atoms with Gasteiger partial charge in [-0.1, -0.05) is 48.5 Å². The Labute approximate surface area is 154 Å². The van der Waals surface area contributed by atoms with E-state index in [0.717, 1.165) is 29.7 Å². The molecule has 4 rings (SSSR count). The van der Waals surface area contributed by atoms with Crippen LogP contribution in [0.1, 0.15) is 19.4 Å². The van der Waals surface area contributed by atoms with Gasteiger partial charge >= 0.3 is 0 Å². The maximum Gasteiger partial charge on any atom is 0.0732 e. The zero-order valence-electron chi connectivity index (χ0n) is 15.3. The van der Waals surface area contributed by atoms with E-state index in [1.165, 1.54) is 16.5 Å². The third-order valence-corrected chi connectivity index (χ3v) is 4.90. The van der Waals surface area contributed by atoms with Gasteiger partial charge < -0.3 is 4.90 Å². The lowest BCUT2D eigenvalue weighted by Crippen LogP contribution is -2.21. The fraction of sp³-hybridized carbons (Fsp3) is 0.174. The number of fused-ring (bicyclic) bond motifs is 3. The number of nitrogens with zero attached hydrogens (tertiary/aromatic N) is 3. The molecule has 0 bridgehead atoms. The van der Waals surface area contributed by atoms with Crippen LogP contribution in [0.4, 0.5) is 5.69 Å². The van der Waals surface area contributed by atoms with Crippen LogP contribution >= 0.6 is 0 Å². The Morgan fingerprint density at radius 3 is 1.85 bits per heavy atom. The molecule has 0 unspecified atom stereocenters. The Bertz CT molecular complexity index is 1000. The van der Waals surface area contributed by atoms with E-state index >= 15 is 0 Å². The molecule has 0 radical (unpaired) electrons. The van der Waals surface area contributed by atoms with Crippen LogP contribution in [-0.4, -0.2) is 24.0 Å². The summed E-state index contributed by atoms with van der Waals surface area (Å²) in [7, 11) is 0. The van der Waals surface area contributed by atoms with Gasteiger partial charge in [-0.2, -0.15) is 5.10 Å². The highest BCUT2D eigenvalue weighted by Crippen LogP contribution is 2.28. The smallest absolute Gasteiger partial charge is 0.0732 e. The van der Waals surface area contributed by atoms with Gasteiger partial charge in [0.1, 0.15) is 0 Å². The second-order valence-electron chi connectivity index (χ2n) is 6.35. The molecule has 0 aliphatic carbocycles. The minimum absolute atomic E-state index is 1.02. The maximum atomic E-state index is 4.79. The van der Waals surface area contributed by atoms with Gasteiger partial charge in [-0.05, 0) is 43.7 Å². The average molecular weight is 341 g/mol. The molecule has 0 saturated carbocycles. The molecular weight excluding hydrogens is 318 g/mol. The molecule has 0 aliphatic rings. The zero-order valence-corrected chi connectivity index (χ0v) is 15.3. The summed E-state index contributed by atoms with van der Waals surface area (Å²) in [6.07, 6.45) is 1.94. The SMILES string of the molecule is CCN(CC)c1ccc(/C=N/n2c3ccccc3c3ccccc32)cc1. The van der Waals surface area contributed by atoms with Crippen molar-refractivity contribution in [2.75, 3.05) is 18.0 Å². The molecule has 1 heterocycles. The van der Waals surface area contributed by atoms with E-state index in [0.29, 0.717) is 0 Å². The molecule has 3 heteroatoms. The van der Waals surface area contributed by atoms with Crippen LogP contribution in [0, 0.1) is 0 Å². The van der Waals surface area contributed by atoms with Crippen molar-refractivity contribution in [3.8, 4) is 0 Å². The standard InChI is InChI=1S/C23H23N3/c1-3-25(4-2)19-15-13-18(14-16-19)17-24-26-22-11-7-5-9-20(22)21-10-6-8-12-23(21)26/h5-17H,3-4H2,1-2H3/b24-17+. The van der Waals surface area contributed by atoms with E-state index < -0.39 is 0 Å². The van der Waals surface area contributed by atoms with E-state index in [-0.39, 0.29) is 0 Å². The topological polar surface area (TPSA) is 20.5 Å². The Hall–Kier alpha value is -3.07. The van der Waals surface area contributed by atoms with E-state index in [4.69, 9.17) is 5.10 Å². The summed E-state index contributed by atoms with van der Waals surface area (Å²) in [5, 5.41) is 7.25. The van der Waals surface area contributed by atoms with Crippen LogP contribution in [0.5, 0.6) is 0 Å². The number of rotatable bonds is 5. The lowest BCUT2D eigenvalue weighted by atomic mass is 10.2. The molecule has 4 aromatic rings. The van der Waals surface area contributed by atoms with Crippen LogP contribution < -0.4 is 4.90 Å². The van der Waals surface area contributed by atoms with E-state index in [1.54, 1.807) is 0 Å². The zero-order chi connectivity index (χ0) is 17.9. The van der Waals surface area contributed by atoms with E-state index in [9.17, 15) is 0 Å². The molecule has 0 aliphatic heterocycles. The molecule has 26 heavy (non-hydrogen) atoms. The lowest BCUT2D eigenvalue weighted by molar-refractivity contribution is 0.866. The highest BCUT2D eigenvalue weighted by atomic mass is 15.3.